The molecule has 0 fully saturated rings. The second-order valence-electron chi connectivity index (χ2n) is 4.45. The third kappa shape index (κ3) is 3.72. The van der Waals surface area contributed by atoms with Crippen LogP contribution in [0.2, 0.25) is 0 Å². The van der Waals surface area contributed by atoms with E-state index in [0.29, 0.717) is 6.04 Å². The molecule has 0 radical (unpaired) electrons. The molecule has 1 aromatic carbocycles. The predicted octanol–water partition coefficient (Wildman–Crippen LogP) is 2.47. The van der Waals surface area contributed by atoms with Gasteiger partial charge >= 0.3 is 0 Å². The first-order valence-corrected chi connectivity index (χ1v) is 6.31. The minimum atomic E-state index is 0.537. The first-order chi connectivity index (χ1) is 8.40. The zero-order valence-corrected chi connectivity index (χ0v) is 10.4. The van der Waals surface area contributed by atoms with Gasteiger partial charge in [-0.25, -0.2) is 0 Å². The largest absolute Gasteiger partial charge is 0.385 e. The zero-order valence-electron chi connectivity index (χ0n) is 10.4. The average molecular weight is 235 g/mol. The molecule has 0 aromatic heterocycles. The van der Waals surface area contributed by atoms with Gasteiger partial charge in [-0.05, 0) is 30.9 Å². The molecular formula is C14H21NO2. The van der Waals surface area contributed by atoms with Gasteiger partial charge in [0.25, 0.3) is 0 Å². The van der Waals surface area contributed by atoms with Crippen LogP contribution >= 0.6 is 0 Å². The Morgan fingerprint density at radius 1 is 1.24 bits per heavy atom. The van der Waals surface area contributed by atoms with E-state index >= 15 is 0 Å². The lowest BCUT2D eigenvalue weighted by Crippen LogP contribution is -2.18. The molecule has 1 aliphatic rings. The number of hydrogen-bond acceptors (Lipinski definition) is 3. The van der Waals surface area contributed by atoms with Crippen LogP contribution in [0.15, 0.2) is 24.3 Å². The second-order valence-corrected chi connectivity index (χ2v) is 4.45. The number of anilines is 1. The van der Waals surface area contributed by atoms with E-state index in [9.17, 15) is 0 Å². The number of ether oxygens (including phenoxy) is 2. The number of para-hydroxylation sites is 1. The van der Waals surface area contributed by atoms with Crippen molar-refractivity contribution in [2.75, 3.05) is 32.2 Å². The van der Waals surface area contributed by atoms with Gasteiger partial charge in [-0.1, -0.05) is 18.2 Å². The van der Waals surface area contributed by atoms with Crippen molar-refractivity contribution < 1.29 is 9.47 Å². The highest BCUT2D eigenvalue weighted by Gasteiger charge is 2.19. The maximum absolute atomic E-state index is 5.58. The van der Waals surface area contributed by atoms with E-state index in [-0.39, 0.29) is 0 Å². The molecule has 0 aliphatic carbocycles. The molecule has 2 rings (SSSR count). The Balaban J connectivity index is 1.60. The third-order valence-electron chi connectivity index (χ3n) is 3.09. The Hall–Kier alpha value is -1.06. The molecule has 94 valence electrons. The maximum atomic E-state index is 5.58. The molecular weight excluding hydrogens is 214 g/mol. The van der Waals surface area contributed by atoms with Crippen LogP contribution in [0, 0.1) is 0 Å². The Bertz CT molecular complexity index is 316. The highest BCUT2D eigenvalue weighted by atomic mass is 16.5. The van der Waals surface area contributed by atoms with Crippen molar-refractivity contribution in [1.82, 2.24) is 0 Å². The summed E-state index contributed by atoms with van der Waals surface area (Å²) < 4.78 is 10.5. The van der Waals surface area contributed by atoms with Crippen LogP contribution in [0.4, 0.5) is 5.69 Å². The Labute approximate surface area is 103 Å². The normalized spacial score (nSPS) is 17.8. The first-order valence-electron chi connectivity index (χ1n) is 6.31. The quantitative estimate of drug-likeness (QED) is 0.736. The molecule has 0 saturated heterocycles. The van der Waals surface area contributed by atoms with Gasteiger partial charge in [-0.2, -0.15) is 0 Å². The van der Waals surface area contributed by atoms with E-state index in [1.54, 1.807) is 7.11 Å². The fourth-order valence-corrected chi connectivity index (χ4v) is 2.18. The van der Waals surface area contributed by atoms with E-state index in [0.717, 1.165) is 39.1 Å². The van der Waals surface area contributed by atoms with Crippen LogP contribution in [0.3, 0.4) is 0 Å². The van der Waals surface area contributed by atoms with Gasteiger partial charge in [0, 0.05) is 38.7 Å². The van der Waals surface area contributed by atoms with Crippen molar-refractivity contribution >= 4 is 5.69 Å². The smallest absolute Gasteiger partial charge is 0.0488 e. The van der Waals surface area contributed by atoms with E-state index < -0.39 is 0 Å². The van der Waals surface area contributed by atoms with Gasteiger partial charge in [0.05, 0.1) is 0 Å². The van der Waals surface area contributed by atoms with Crippen molar-refractivity contribution in [3.05, 3.63) is 29.8 Å². The third-order valence-corrected chi connectivity index (χ3v) is 3.09. The van der Waals surface area contributed by atoms with Crippen LogP contribution in [0.5, 0.6) is 0 Å². The number of methoxy groups -OCH3 is 1. The van der Waals surface area contributed by atoms with E-state index in [2.05, 4.69) is 29.6 Å². The molecule has 1 aromatic rings. The summed E-state index contributed by atoms with van der Waals surface area (Å²) in [6.07, 6.45) is 3.17. The summed E-state index contributed by atoms with van der Waals surface area (Å²) in [5, 5.41) is 3.53. The lowest BCUT2D eigenvalue weighted by molar-refractivity contribution is 0.0994. The fourth-order valence-electron chi connectivity index (χ4n) is 2.18. The van der Waals surface area contributed by atoms with Gasteiger partial charge < -0.3 is 14.8 Å². The number of benzene rings is 1. The van der Waals surface area contributed by atoms with E-state index in [1.807, 2.05) is 0 Å². The van der Waals surface area contributed by atoms with Gasteiger partial charge in [0.1, 0.15) is 0 Å². The topological polar surface area (TPSA) is 30.5 Å². The number of rotatable bonds is 7. The molecule has 1 heterocycles. The molecule has 17 heavy (non-hydrogen) atoms. The Morgan fingerprint density at radius 2 is 2.12 bits per heavy atom. The van der Waals surface area contributed by atoms with Gasteiger partial charge in [-0.3, -0.25) is 0 Å². The van der Waals surface area contributed by atoms with Crippen LogP contribution in [0.1, 0.15) is 18.4 Å². The maximum Gasteiger partial charge on any atom is 0.0488 e. The second kappa shape index (κ2) is 6.62. The van der Waals surface area contributed by atoms with Crippen molar-refractivity contribution in [3.8, 4) is 0 Å². The monoisotopic (exact) mass is 235 g/mol. The zero-order chi connectivity index (χ0) is 11.9. The van der Waals surface area contributed by atoms with Crippen LogP contribution in [-0.4, -0.2) is 33.0 Å². The van der Waals surface area contributed by atoms with Gasteiger partial charge in [-0.15, -0.1) is 0 Å². The molecule has 3 heteroatoms. The molecule has 0 bridgehead atoms. The molecule has 1 aliphatic heterocycles. The SMILES string of the molecule is COCCCOCCC1Cc2ccccc2N1. The number of hydrogen-bond donors (Lipinski definition) is 1. The summed E-state index contributed by atoms with van der Waals surface area (Å²) in [7, 11) is 1.72. The highest BCUT2D eigenvalue weighted by molar-refractivity contribution is 5.56. The van der Waals surface area contributed by atoms with Crippen molar-refractivity contribution in [2.45, 2.75) is 25.3 Å². The average Bonchev–Trinajstić information content (AvgIpc) is 2.76. The number of fused-ring (bicyclic) bond motifs is 1. The van der Waals surface area contributed by atoms with Crippen LogP contribution in [-0.2, 0) is 15.9 Å². The van der Waals surface area contributed by atoms with Crippen molar-refractivity contribution in [2.24, 2.45) is 0 Å². The molecule has 3 nitrogen and oxygen atoms in total. The molecule has 0 spiro atoms. The summed E-state index contributed by atoms with van der Waals surface area (Å²) in [4.78, 5) is 0. The minimum absolute atomic E-state index is 0.537. The predicted molar refractivity (Wildman–Crippen MR) is 69.5 cm³/mol. The fraction of sp³-hybridized carbons (Fsp3) is 0.571. The Morgan fingerprint density at radius 3 is 2.94 bits per heavy atom. The summed E-state index contributed by atoms with van der Waals surface area (Å²) in [6, 6.07) is 9.06. The summed E-state index contributed by atoms with van der Waals surface area (Å²) in [5.41, 5.74) is 2.72. The lowest BCUT2D eigenvalue weighted by atomic mass is 10.1. The molecule has 1 N–H and O–H groups in total. The number of nitrogens with one attached hydrogen (secondary N) is 1. The minimum Gasteiger partial charge on any atom is -0.385 e. The van der Waals surface area contributed by atoms with Gasteiger partial charge in [0.15, 0.2) is 0 Å². The molecule has 0 saturated carbocycles. The summed E-state index contributed by atoms with van der Waals surface area (Å²) >= 11 is 0. The molecule has 1 unspecified atom stereocenters. The lowest BCUT2D eigenvalue weighted by Gasteiger charge is -2.11. The van der Waals surface area contributed by atoms with Crippen LogP contribution < -0.4 is 5.32 Å². The van der Waals surface area contributed by atoms with Crippen molar-refractivity contribution in [3.63, 3.8) is 0 Å². The van der Waals surface area contributed by atoms with E-state index in [1.165, 1.54) is 11.3 Å². The Kier molecular flexibility index (Phi) is 4.83. The van der Waals surface area contributed by atoms with E-state index in [4.69, 9.17) is 9.47 Å². The summed E-state index contributed by atoms with van der Waals surface area (Å²) in [5.74, 6) is 0. The first kappa shape index (κ1) is 12.4. The van der Waals surface area contributed by atoms with Gasteiger partial charge in [0.2, 0.25) is 0 Å². The molecule has 0 amide bonds. The standard InChI is InChI=1S/C14H21NO2/c1-16-8-4-9-17-10-7-13-11-12-5-2-3-6-14(12)15-13/h2-3,5-6,13,15H,4,7-11H2,1H3. The van der Waals surface area contributed by atoms with Crippen molar-refractivity contribution in [1.29, 1.82) is 0 Å². The molecule has 1 atom stereocenters. The van der Waals surface area contributed by atoms with Crippen LogP contribution in [0.25, 0.3) is 0 Å². The highest BCUT2D eigenvalue weighted by Crippen LogP contribution is 2.26. The summed E-state index contributed by atoms with van der Waals surface area (Å²) in [6.45, 7) is 2.41.